The van der Waals surface area contributed by atoms with E-state index in [1.807, 2.05) is 32.0 Å². The minimum atomic E-state index is -0.239. The highest BCUT2D eigenvalue weighted by molar-refractivity contribution is 7.15. The van der Waals surface area contributed by atoms with Crippen LogP contribution in [0.15, 0.2) is 30.3 Å². The molecular weight excluding hydrogens is 296 g/mol. The number of rotatable bonds is 5. The molecule has 0 fully saturated rings. The number of nitrogens with one attached hydrogen (secondary N) is 1. The first-order valence-electron chi connectivity index (χ1n) is 7.44. The largest absolute Gasteiger partial charge is 0.325 e. The second-order valence-electron chi connectivity index (χ2n) is 5.51. The fourth-order valence-corrected chi connectivity index (χ4v) is 3.04. The van der Waals surface area contributed by atoms with Crippen molar-refractivity contribution in [2.75, 3.05) is 18.4 Å². The van der Waals surface area contributed by atoms with Crippen molar-refractivity contribution in [1.82, 2.24) is 15.1 Å². The summed E-state index contributed by atoms with van der Waals surface area (Å²) in [7, 11) is 0. The number of aromatic nitrogens is 2. The Kier molecular flexibility index (Phi) is 5.13. The second kappa shape index (κ2) is 6.87. The fraction of sp³-hybridized carbons (Fsp3) is 0.438. The number of benzene rings is 1. The Labute approximate surface area is 135 Å². The van der Waals surface area contributed by atoms with Crippen molar-refractivity contribution in [3.8, 4) is 0 Å². The van der Waals surface area contributed by atoms with Crippen LogP contribution in [0.25, 0.3) is 0 Å². The third-order valence-electron chi connectivity index (χ3n) is 3.72. The lowest BCUT2D eigenvalue weighted by Crippen LogP contribution is -2.34. The van der Waals surface area contributed by atoms with Gasteiger partial charge in [-0.2, -0.15) is 0 Å². The van der Waals surface area contributed by atoms with Gasteiger partial charge in [0.2, 0.25) is 5.13 Å². The minimum absolute atomic E-state index is 0.134. The Morgan fingerprint density at radius 2 is 1.82 bits per heavy atom. The van der Waals surface area contributed by atoms with Gasteiger partial charge in [-0.15, -0.1) is 10.2 Å². The van der Waals surface area contributed by atoms with E-state index >= 15 is 0 Å². The number of hydrogen-bond donors (Lipinski definition) is 1. The summed E-state index contributed by atoms with van der Waals surface area (Å²) >= 11 is 1.42. The number of hydrogen-bond acceptors (Lipinski definition) is 4. The Hall–Kier alpha value is -1.95. The highest BCUT2D eigenvalue weighted by Crippen LogP contribution is 2.34. The molecule has 1 N–H and O–H groups in total. The van der Waals surface area contributed by atoms with E-state index in [0.717, 1.165) is 5.01 Å². The van der Waals surface area contributed by atoms with Crippen molar-refractivity contribution in [3.05, 3.63) is 40.9 Å². The van der Waals surface area contributed by atoms with Gasteiger partial charge in [-0.05, 0) is 33.3 Å². The molecule has 0 saturated carbocycles. The van der Waals surface area contributed by atoms with E-state index in [0.29, 0.717) is 18.2 Å². The molecule has 1 heterocycles. The number of carbonyl (C=O) groups excluding carboxylic acids is 1. The molecule has 2 amide bonds. The first kappa shape index (κ1) is 16.4. The Morgan fingerprint density at radius 1 is 1.18 bits per heavy atom. The lowest BCUT2D eigenvalue weighted by atomic mass is 9.85. The van der Waals surface area contributed by atoms with E-state index in [1.165, 1.54) is 16.9 Å². The topological polar surface area (TPSA) is 58.1 Å². The van der Waals surface area contributed by atoms with Crippen LogP contribution in [0.5, 0.6) is 0 Å². The maximum absolute atomic E-state index is 12.1. The summed E-state index contributed by atoms with van der Waals surface area (Å²) in [4.78, 5) is 13.8. The Morgan fingerprint density at radius 3 is 2.41 bits per heavy atom. The first-order valence-corrected chi connectivity index (χ1v) is 8.26. The van der Waals surface area contributed by atoms with Gasteiger partial charge in [0.15, 0.2) is 0 Å². The first-order chi connectivity index (χ1) is 10.5. The number of carbonyl (C=O) groups is 1. The van der Waals surface area contributed by atoms with Crippen molar-refractivity contribution in [2.45, 2.75) is 33.1 Å². The van der Waals surface area contributed by atoms with Crippen molar-refractivity contribution in [2.24, 2.45) is 0 Å². The van der Waals surface area contributed by atoms with Crippen LogP contribution >= 0.6 is 11.3 Å². The van der Waals surface area contributed by atoms with Gasteiger partial charge < -0.3 is 4.90 Å². The average Bonchev–Trinajstić information content (AvgIpc) is 2.98. The lowest BCUT2D eigenvalue weighted by molar-refractivity contribution is 0.217. The van der Waals surface area contributed by atoms with Gasteiger partial charge in [-0.1, -0.05) is 41.7 Å². The van der Waals surface area contributed by atoms with E-state index in [2.05, 4.69) is 41.5 Å². The van der Waals surface area contributed by atoms with E-state index in [4.69, 9.17) is 0 Å². The average molecular weight is 318 g/mol. The van der Waals surface area contributed by atoms with Crippen LogP contribution in [-0.4, -0.2) is 34.2 Å². The monoisotopic (exact) mass is 318 g/mol. The Balaban J connectivity index is 2.16. The smallest absolute Gasteiger partial charge is 0.323 e. The standard InChI is InChI=1S/C16H22N4OS/c1-5-20(6-2)15(21)17-14-19-18-13(22-14)16(3,4)12-10-8-7-9-11-12/h7-11H,5-6H2,1-4H3,(H,17,19,21). The summed E-state index contributed by atoms with van der Waals surface area (Å²) in [5, 5.41) is 12.6. The van der Waals surface area contributed by atoms with Crippen LogP contribution in [0.3, 0.4) is 0 Å². The minimum Gasteiger partial charge on any atom is -0.325 e. The molecule has 5 nitrogen and oxygen atoms in total. The summed E-state index contributed by atoms with van der Waals surface area (Å²) in [6, 6.07) is 10.0. The molecule has 0 radical (unpaired) electrons. The Bertz CT molecular complexity index is 620. The van der Waals surface area contributed by atoms with E-state index in [1.54, 1.807) is 4.90 Å². The molecule has 0 aliphatic carbocycles. The normalized spacial score (nSPS) is 11.3. The molecule has 0 unspecified atom stereocenters. The van der Waals surface area contributed by atoms with Crippen LogP contribution < -0.4 is 5.32 Å². The molecule has 2 rings (SSSR count). The van der Waals surface area contributed by atoms with Crippen LogP contribution in [-0.2, 0) is 5.41 Å². The maximum atomic E-state index is 12.1. The van der Waals surface area contributed by atoms with Gasteiger partial charge in [0.05, 0.1) is 0 Å². The molecule has 0 bridgehead atoms. The highest BCUT2D eigenvalue weighted by Gasteiger charge is 2.27. The molecule has 1 aromatic heterocycles. The van der Waals surface area contributed by atoms with Gasteiger partial charge in [0, 0.05) is 18.5 Å². The van der Waals surface area contributed by atoms with Crippen molar-refractivity contribution >= 4 is 22.5 Å². The quantitative estimate of drug-likeness (QED) is 0.913. The van der Waals surface area contributed by atoms with Crippen LogP contribution in [0.4, 0.5) is 9.93 Å². The zero-order valence-corrected chi connectivity index (χ0v) is 14.3. The predicted octanol–water partition coefficient (Wildman–Crippen LogP) is 3.74. The van der Waals surface area contributed by atoms with Gasteiger partial charge in [-0.25, -0.2) is 4.79 Å². The molecule has 1 aromatic carbocycles. The molecule has 0 aliphatic heterocycles. The lowest BCUT2D eigenvalue weighted by Gasteiger charge is -2.21. The van der Waals surface area contributed by atoms with E-state index in [9.17, 15) is 4.79 Å². The summed E-state index contributed by atoms with van der Waals surface area (Å²) in [5.41, 5.74) is 0.935. The maximum Gasteiger partial charge on any atom is 0.323 e. The van der Waals surface area contributed by atoms with Gasteiger partial charge >= 0.3 is 6.03 Å². The summed E-state index contributed by atoms with van der Waals surface area (Å²) in [6.07, 6.45) is 0. The molecule has 0 aliphatic rings. The highest BCUT2D eigenvalue weighted by atomic mass is 32.1. The third-order valence-corrected chi connectivity index (χ3v) is 4.88. The van der Waals surface area contributed by atoms with Gasteiger partial charge in [0.1, 0.15) is 5.01 Å². The number of nitrogens with zero attached hydrogens (tertiary/aromatic N) is 3. The van der Waals surface area contributed by atoms with Crippen LogP contribution in [0.1, 0.15) is 38.3 Å². The SMILES string of the molecule is CCN(CC)C(=O)Nc1nnc(C(C)(C)c2ccccc2)s1. The summed E-state index contributed by atoms with van der Waals surface area (Å²) in [6.45, 7) is 9.46. The van der Waals surface area contributed by atoms with Crippen molar-refractivity contribution in [1.29, 1.82) is 0 Å². The molecule has 118 valence electrons. The van der Waals surface area contributed by atoms with E-state index < -0.39 is 0 Å². The van der Waals surface area contributed by atoms with Crippen LogP contribution in [0.2, 0.25) is 0 Å². The van der Waals surface area contributed by atoms with E-state index in [-0.39, 0.29) is 11.4 Å². The third kappa shape index (κ3) is 3.44. The number of amides is 2. The molecule has 0 atom stereocenters. The molecule has 2 aromatic rings. The fourth-order valence-electron chi connectivity index (χ4n) is 2.19. The van der Waals surface area contributed by atoms with Gasteiger partial charge in [0.25, 0.3) is 0 Å². The molecule has 0 saturated heterocycles. The molecule has 22 heavy (non-hydrogen) atoms. The van der Waals surface area contributed by atoms with Crippen LogP contribution in [0, 0.1) is 0 Å². The summed E-state index contributed by atoms with van der Waals surface area (Å²) in [5.74, 6) is 0. The molecular formula is C16H22N4OS. The molecule has 6 heteroatoms. The zero-order chi connectivity index (χ0) is 16.2. The molecule has 0 spiro atoms. The van der Waals surface area contributed by atoms with Gasteiger partial charge in [-0.3, -0.25) is 5.32 Å². The predicted molar refractivity (Wildman–Crippen MR) is 90.4 cm³/mol. The van der Waals surface area contributed by atoms with Crippen molar-refractivity contribution < 1.29 is 4.79 Å². The second-order valence-corrected chi connectivity index (χ2v) is 6.48. The summed E-state index contributed by atoms with van der Waals surface area (Å²) < 4.78 is 0. The van der Waals surface area contributed by atoms with Crippen molar-refractivity contribution in [3.63, 3.8) is 0 Å². The zero-order valence-electron chi connectivity index (χ0n) is 13.5. The number of anilines is 1. The number of urea groups is 1.